The first-order valence-electron chi connectivity index (χ1n) is 11.1. The lowest BCUT2D eigenvalue weighted by Gasteiger charge is -2.21. The molecule has 12 nitrogen and oxygen atoms in total. The molecule has 0 aliphatic rings. The van der Waals surface area contributed by atoms with E-state index in [1.54, 1.807) is 12.1 Å². The van der Waals surface area contributed by atoms with Crippen molar-refractivity contribution in [3.8, 4) is 0 Å². The predicted molar refractivity (Wildman–Crippen MR) is 134 cm³/mol. The molecule has 0 unspecified atom stereocenters. The average molecular weight is 553 g/mol. The second kappa shape index (κ2) is 12.4. The summed E-state index contributed by atoms with van der Waals surface area (Å²) in [5.41, 5.74) is 0.936. The number of nitrogens with one attached hydrogen (secondary N) is 1. The minimum atomic E-state index is -3.82. The molecule has 0 bridgehead atoms. The number of methoxy groups -OCH3 is 2. The van der Waals surface area contributed by atoms with Crippen molar-refractivity contribution in [2.24, 2.45) is 0 Å². The van der Waals surface area contributed by atoms with Gasteiger partial charge in [0, 0.05) is 39.1 Å². The molecule has 0 atom stereocenters. The Morgan fingerprint density at radius 1 is 0.892 bits per heavy atom. The van der Waals surface area contributed by atoms with E-state index >= 15 is 0 Å². The van der Waals surface area contributed by atoms with Crippen molar-refractivity contribution in [1.29, 1.82) is 0 Å². The van der Waals surface area contributed by atoms with Crippen molar-refractivity contribution in [2.45, 2.75) is 16.2 Å². The third-order valence-electron chi connectivity index (χ3n) is 5.24. The molecule has 3 rings (SSSR count). The molecule has 0 aliphatic carbocycles. The monoisotopic (exact) mass is 552 g/mol. The van der Waals surface area contributed by atoms with Crippen molar-refractivity contribution in [3.63, 3.8) is 0 Å². The highest BCUT2D eigenvalue weighted by atomic mass is 32.2. The molecule has 1 heterocycles. The minimum absolute atomic E-state index is 0.0261. The second-order valence-electron chi connectivity index (χ2n) is 7.96. The maximum absolute atomic E-state index is 13.0. The summed E-state index contributed by atoms with van der Waals surface area (Å²) in [5, 5.41) is 10.2. The zero-order valence-electron chi connectivity index (χ0n) is 20.6. The number of rotatable bonds is 13. The van der Waals surface area contributed by atoms with E-state index in [0.717, 1.165) is 11.8 Å². The number of benzene rings is 2. The lowest BCUT2D eigenvalue weighted by molar-refractivity contribution is 0.102. The van der Waals surface area contributed by atoms with Gasteiger partial charge in [-0.15, -0.1) is 5.10 Å². The Labute approximate surface area is 215 Å². The highest BCUT2D eigenvalue weighted by molar-refractivity contribution is 7.90. The van der Waals surface area contributed by atoms with Gasteiger partial charge in [0.2, 0.25) is 15.9 Å². The Bertz CT molecular complexity index is 1400. The fraction of sp³-hybridized carbons (Fsp3) is 0.348. The Morgan fingerprint density at radius 2 is 1.46 bits per heavy atom. The van der Waals surface area contributed by atoms with Gasteiger partial charge in [-0.1, -0.05) is 17.2 Å². The summed E-state index contributed by atoms with van der Waals surface area (Å²) < 4.78 is 65.8. The van der Waals surface area contributed by atoms with Crippen LogP contribution in [0.5, 0.6) is 0 Å². The van der Waals surface area contributed by atoms with Crippen molar-refractivity contribution in [3.05, 3.63) is 65.5 Å². The Morgan fingerprint density at radius 3 is 2.00 bits per heavy atom. The van der Waals surface area contributed by atoms with Gasteiger partial charge < -0.3 is 13.9 Å². The molecule has 0 spiro atoms. The van der Waals surface area contributed by atoms with Gasteiger partial charge in [-0.2, -0.15) is 4.31 Å². The number of aromatic nitrogens is 2. The lowest BCUT2D eigenvalue weighted by Crippen LogP contribution is -2.36. The smallest absolute Gasteiger partial charge is 0.322 e. The van der Waals surface area contributed by atoms with Crippen molar-refractivity contribution < 1.29 is 35.5 Å². The third kappa shape index (κ3) is 7.66. The van der Waals surface area contributed by atoms with Gasteiger partial charge in [0.05, 0.1) is 29.4 Å². The average Bonchev–Trinajstić information content (AvgIpc) is 3.30. The van der Waals surface area contributed by atoms with E-state index in [-0.39, 0.29) is 60.0 Å². The number of amides is 1. The highest BCUT2D eigenvalue weighted by Gasteiger charge is 2.24. The summed E-state index contributed by atoms with van der Waals surface area (Å²) in [4.78, 5) is 12.8. The Balaban J connectivity index is 1.65. The number of ether oxygens (including phenoxy) is 2. The molecule has 37 heavy (non-hydrogen) atoms. The summed E-state index contributed by atoms with van der Waals surface area (Å²) in [6.45, 7) is 0.765. The van der Waals surface area contributed by atoms with E-state index < -0.39 is 25.8 Å². The molecule has 1 aromatic heterocycles. The molecule has 0 aliphatic heterocycles. The van der Waals surface area contributed by atoms with Crippen molar-refractivity contribution >= 4 is 31.8 Å². The highest BCUT2D eigenvalue weighted by Crippen LogP contribution is 2.18. The molecule has 3 aromatic rings. The molecule has 0 saturated carbocycles. The topological polar surface area (TPSA) is 158 Å². The fourth-order valence-corrected chi connectivity index (χ4v) is 5.28. The van der Waals surface area contributed by atoms with Crippen LogP contribution < -0.4 is 5.32 Å². The number of nitrogens with zero attached hydrogens (tertiary/aromatic N) is 3. The zero-order valence-corrected chi connectivity index (χ0v) is 22.2. The first-order chi connectivity index (χ1) is 17.5. The quantitative estimate of drug-likeness (QED) is 0.330. The predicted octanol–water partition coefficient (Wildman–Crippen LogP) is 1.60. The Hall–Kier alpha value is -3.17. The van der Waals surface area contributed by atoms with Gasteiger partial charge in [-0.25, -0.2) is 16.8 Å². The van der Waals surface area contributed by atoms with Crippen LogP contribution in [-0.2, 0) is 35.8 Å². The number of sulfonamides is 1. The van der Waals surface area contributed by atoms with Crippen LogP contribution in [0.15, 0.2) is 62.7 Å². The van der Waals surface area contributed by atoms with E-state index in [1.165, 1.54) is 54.9 Å². The van der Waals surface area contributed by atoms with Gasteiger partial charge in [-0.05, 0) is 42.0 Å². The van der Waals surface area contributed by atoms with Crippen LogP contribution in [0, 0.1) is 0 Å². The first kappa shape index (κ1) is 28.4. The third-order valence-corrected chi connectivity index (χ3v) is 8.28. The maximum atomic E-state index is 13.0. The first-order valence-corrected chi connectivity index (χ1v) is 14.4. The molecule has 0 fully saturated rings. The second-order valence-corrected chi connectivity index (χ2v) is 11.9. The van der Waals surface area contributed by atoms with E-state index in [0.29, 0.717) is 0 Å². The normalized spacial score (nSPS) is 12.1. The summed E-state index contributed by atoms with van der Waals surface area (Å²) in [6, 6.07) is 11.6. The van der Waals surface area contributed by atoms with Crippen LogP contribution in [0.2, 0.25) is 0 Å². The van der Waals surface area contributed by atoms with Crippen LogP contribution in [0.25, 0.3) is 0 Å². The fourth-order valence-electron chi connectivity index (χ4n) is 3.24. The molecule has 14 heteroatoms. The van der Waals surface area contributed by atoms with Crippen LogP contribution in [0.1, 0.15) is 21.8 Å². The van der Waals surface area contributed by atoms with Gasteiger partial charge >= 0.3 is 6.01 Å². The van der Waals surface area contributed by atoms with Crippen LogP contribution in [0.3, 0.4) is 0 Å². The molecule has 2 aromatic carbocycles. The van der Waals surface area contributed by atoms with Gasteiger partial charge in [-0.3, -0.25) is 10.1 Å². The van der Waals surface area contributed by atoms with Gasteiger partial charge in [0.1, 0.15) is 0 Å². The summed E-state index contributed by atoms with van der Waals surface area (Å²) in [5.74, 6) is -0.344. The number of sulfone groups is 1. The number of hydrogen-bond donors (Lipinski definition) is 1. The molecule has 1 amide bonds. The largest absolute Gasteiger partial charge is 0.407 e. The minimum Gasteiger partial charge on any atom is -0.407 e. The Kier molecular flexibility index (Phi) is 9.50. The lowest BCUT2D eigenvalue weighted by atomic mass is 10.1. The van der Waals surface area contributed by atoms with Crippen molar-refractivity contribution in [1.82, 2.24) is 14.5 Å². The van der Waals surface area contributed by atoms with Crippen molar-refractivity contribution in [2.75, 3.05) is 52.1 Å². The van der Waals surface area contributed by atoms with Gasteiger partial charge in [0.25, 0.3) is 5.91 Å². The summed E-state index contributed by atoms with van der Waals surface area (Å²) in [6.07, 6.45) is 1.37. The van der Waals surface area contributed by atoms with Crippen LogP contribution in [0.4, 0.5) is 6.01 Å². The zero-order chi connectivity index (χ0) is 27.1. The van der Waals surface area contributed by atoms with E-state index in [9.17, 15) is 21.6 Å². The van der Waals surface area contributed by atoms with Gasteiger partial charge in [0.15, 0.2) is 9.84 Å². The number of carbonyl (C=O) groups excluding carboxylic acids is 1. The van der Waals surface area contributed by atoms with E-state index in [4.69, 9.17) is 13.9 Å². The summed E-state index contributed by atoms with van der Waals surface area (Å²) >= 11 is 0. The molecule has 1 N–H and O–H groups in total. The van der Waals surface area contributed by atoms with Crippen LogP contribution >= 0.6 is 0 Å². The molecular weight excluding hydrogens is 524 g/mol. The standard InChI is InChI=1S/C23H28N4O8S2/c1-33-14-12-27(13-15-34-2)37(31,32)20-10-6-18(7-11-20)22(28)24-23-26-25-21(35-23)16-17-4-8-19(9-5-17)36(3,29)30/h4-11H,12-16H2,1-3H3,(H,24,26,28). The SMILES string of the molecule is COCCN(CCOC)S(=O)(=O)c1ccc(C(=O)Nc2nnc(Cc3ccc(S(C)(=O)=O)cc3)o2)cc1. The molecule has 0 saturated heterocycles. The molecular formula is C23H28N4O8S2. The van der Waals surface area contributed by atoms with E-state index in [2.05, 4.69) is 15.5 Å². The molecule has 200 valence electrons. The van der Waals surface area contributed by atoms with Crippen LogP contribution in [-0.4, -0.2) is 84.0 Å². The maximum Gasteiger partial charge on any atom is 0.322 e. The molecule has 0 radical (unpaired) electrons. The van der Waals surface area contributed by atoms with E-state index in [1.807, 2.05) is 0 Å². The summed E-state index contributed by atoms with van der Waals surface area (Å²) in [7, 11) is -4.14. The number of carbonyl (C=O) groups is 1. The number of hydrogen-bond acceptors (Lipinski definition) is 10. The number of anilines is 1.